The molecule has 36 heavy (non-hydrogen) atoms. The molecule has 4 aromatic carbocycles. The molecular formula is C34H35NO. The largest absolute Gasteiger partial charge is 0.456 e. The van der Waals surface area contributed by atoms with Gasteiger partial charge in [0.05, 0.1) is 12.5 Å². The molecule has 1 aliphatic heterocycles. The highest BCUT2D eigenvalue weighted by atomic mass is 16.5. The second kappa shape index (κ2) is 7.80. The van der Waals surface area contributed by atoms with Crippen molar-refractivity contribution in [2.24, 2.45) is 10.8 Å². The summed E-state index contributed by atoms with van der Waals surface area (Å²) in [6.45, 7) is 15.8. The molecule has 182 valence electrons. The number of hydrogen-bond donors (Lipinski definition) is 0. The molecule has 6 rings (SSSR count). The molecule has 2 heteroatoms. The van der Waals surface area contributed by atoms with Gasteiger partial charge in [0.15, 0.2) is 0 Å². The normalized spacial score (nSPS) is 13.7. The second-order valence-corrected chi connectivity index (χ2v) is 13.0. The van der Waals surface area contributed by atoms with Crippen molar-refractivity contribution < 1.29 is 6.11 Å². The van der Waals surface area contributed by atoms with E-state index in [1.165, 1.54) is 27.5 Å². The monoisotopic (exact) mass is 474 g/mol. The predicted molar refractivity (Wildman–Crippen MR) is 153 cm³/mol. The summed E-state index contributed by atoms with van der Waals surface area (Å²) in [7, 11) is 0. The number of pyridine rings is 1. The third-order valence-corrected chi connectivity index (χ3v) is 7.09. The molecule has 1 aliphatic rings. The van der Waals surface area contributed by atoms with Gasteiger partial charge >= 0.3 is 0 Å². The topological polar surface area (TPSA) is 22.1 Å². The summed E-state index contributed by atoms with van der Waals surface area (Å²) in [5.41, 5.74) is 5.92. The lowest BCUT2D eigenvalue weighted by Crippen LogP contribution is -2.12. The minimum Gasteiger partial charge on any atom is -0.456 e. The van der Waals surface area contributed by atoms with E-state index >= 15 is 0 Å². The van der Waals surface area contributed by atoms with Gasteiger partial charge in [0.25, 0.3) is 0 Å². The molecule has 0 saturated carbocycles. The summed E-state index contributed by atoms with van der Waals surface area (Å²) in [6.07, 6.45) is 2.18. The minimum absolute atomic E-state index is 0.0852. The number of rotatable bonds is 2. The fraction of sp³-hybridized carbons (Fsp3) is 0.324. The maximum Gasteiger partial charge on any atom is 0.140 e. The third kappa shape index (κ3) is 3.93. The van der Waals surface area contributed by atoms with E-state index in [2.05, 4.69) is 97.0 Å². The zero-order chi connectivity index (χ0) is 26.3. The number of aryl methyl sites for hydroxylation is 1. The van der Waals surface area contributed by atoms with Crippen molar-refractivity contribution in [3.05, 3.63) is 77.5 Å². The first-order chi connectivity index (χ1) is 17.4. The smallest absolute Gasteiger partial charge is 0.140 e. The summed E-state index contributed by atoms with van der Waals surface area (Å²) in [6, 6.07) is 19.7. The van der Waals surface area contributed by atoms with Crippen LogP contribution in [0.5, 0.6) is 11.5 Å². The minimum atomic E-state index is 0.0852. The second-order valence-electron chi connectivity index (χ2n) is 13.0. The van der Waals surface area contributed by atoms with E-state index in [0.29, 0.717) is 0 Å². The average Bonchev–Trinajstić information content (AvgIpc) is 2.77. The van der Waals surface area contributed by atoms with Crippen LogP contribution in [0.1, 0.15) is 59.6 Å². The summed E-state index contributed by atoms with van der Waals surface area (Å²) in [5, 5.41) is 6.77. The van der Waals surface area contributed by atoms with Crippen LogP contribution < -0.4 is 4.74 Å². The Balaban J connectivity index is 1.68. The molecule has 0 spiro atoms. The van der Waals surface area contributed by atoms with E-state index in [4.69, 9.17) is 11.1 Å². The highest BCUT2D eigenvalue weighted by Gasteiger charge is 2.28. The lowest BCUT2D eigenvalue weighted by molar-refractivity contribution is 0.400. The molecule has 0 N–H and O–H groups in total. The van der Waals surface area contributed by atoms with Crippen LogP contribution in [0, 0.1) is 17.8 Å². The molecule has 0 saturated heterocycles. The molecule has 5 aromatic rings. The van der Waals surface area contributed by atoms with Crippen molar-refractivity contribution in [2.75, 3.05) is 0 Å². The Labute approximate surface area is 215 Å². The van der Waals surface area contributed by atoms with Gasteiger partial charge in [-0.3, -0.25) is 4.98 Å². The van der Waals surface area contributed by atoms with Crippen LogP contribution in [-0.2, 0) is 12.8 Å². The lowest BCUT2D eigenvalue weighted by Gasteiger charge is -2.28. The van der Waals surface area contributed by atoms with Crippen molar-refractivity contribution in [2.45, 2.75) is 61.3 Å². The SMILES string of the molecule is [2H]c1cc2c3c(cc4cc(CC(C)(C)C)ccc42)Oc2c(cc4cc(C)ccc4c2CC(C)(C)C)-c3n1. The van der Waals surface area contributed by atoms with Crippen LogP contribution in [-0.4, -0.2) is 4.98 Å². The predicted octanol–water partition coefficient (Wildman–Crippen LogP) is 9.80. The fourth-order valence-corrected chi connectivity index (χ4v) is 5.76. The molecule has 0 radical (unpaired) electrons. The summed E-state index contributed by atoms with van der Waals surface area (Å²) < 4.78 is 15.5. The van der Waals surface area contributed by atoms with E-state index in [9.17, 15) is 0 Å². The Kier molecular flexibility index (Phi) is 4.74. The van der Waals surface area contributed by atoms with Crippen molar-refractivity contribution in [3.8, 4) is 22.8 Å². The molecule has 0 amide bonds. The van der Waals surface area contributed by atoms with Gasteiger partial charge in [0.2, 0.25) is 0 Å². The number of nitrogens with zero attached hydrogens (tertiary/aromatic N) is 1. The molecule has 0 fully saturated rings. The first-order valence-electron chi connectivity index (χ1n) is 13.5. The van der Waals surface area contributed by atoms with E-state index in [-0.39, 0.29) is 17.0 Å². The molecular weight excluding hydrogens is 438 g/mol. The van der Waals surface area contributed by atoms with Crippen LogP contribution in [0.3, 0.4) is 0 Å². The van der Waals surface area contributed by atoms with Gasteiger partial charge in [-0.25, -0.2) is 0 Å². The van der Waals surface area contributed by atoms with Crippen LogP contribution in [0.4, 0.5) is 0 Å². The molecule has 0 atom stereocenters. The molecule has 0 bridgehead atoms. The number of benzene rings is 4. The van der Waals surface area contributed by atoms with Crippen LogP contribution in [0.15, 0.2) is 60.8 Å². The van der Waals surface area contributed by atoms with E-state index < -0.39 is 0 Å². The highest BCUT2D eigenvalue weighted by molar-refractivity contribution is 6.16. The Morgan fingerprint density at radius 2 is 1.50 bits per heavy atom. The van der Waals surface area contributed by atoms with E-state index in [1.54, 1.807) is 0 Å². The fourth-order valence-electron chi connectivity index (χ4n) is 5.76. The Bertz CT molecular complexity index is 1730. The van der Waals surface area contributed by atoms with E-state index in [0.717, 1.165) is 57.1 Å². The molecule has 2 nitrogen and oxygen atoms in total. The van der Waals surface area contributed by atoms with Gasteiger partial charge in [-0.15, -0.1) is 0 Å². The highest BCUT2D eigenvalue weighted by Crippen LogP contribution is 2.51. The zero-order valence-corrected chi connectivity index (χ0v) is 22.5. The maximum absolute atomic E-state index is 8.64. The van der Waals surface area contributed by atoms with Gasteiger partial charge in [-0.1, -0.05) is 83.5 Å². The van der Waals surface area contributed by atoms with Gasteiger partial charge < -0.3 is 4.74 Å². The van der Waals surface area contributed by atoms with Gasteiger partial charge in [0, 0.05) is 17.3 Å². The molecule has 0 unspecified atom stereocenters. The van der Waals surface area contributed by atoms with Crippen molar-refractivity contribution >= 4 is 32.3 Å². The zero-order valence-electron chi connectivity index (χ0n) is 23.5. The van der Waals surface area contributed by atoms with Crippen LogP contribution in [0.25, 0.3) is 43.6 Å². The number of ether oxygens (including phenoxy) is 1. The maximum atomic E-state index is 8.64. The average molecular weight is 475 g/mol. The third-order valence-electron chi connectivity index (χ3n) is 7.09. The first kappa shape index (κ1) is 21.9. The van der Waals surface area contributed by atoms with Crippen molar-refractivity contribution in [1.29, 1.82) is 0 Å². The molecule has 0 aliphatic carbocycles. The van der Waals surface area contributed by atoms with Crippen molar-refractivity contribution in [1.82, 2.24) is 4.98 Å². The molecule has 1 aromatic heterocycles. The standard InChI is InChI=1S/C34H35NO/c1-20-8-10-25-22(14-20)16-27-31-30-26(12-13-35-31)24-11-9-21(18-33(2,3)4)15-23(24)17-29(30)36-32(27)28(25)19-34(5,6)7/h8-17H,18-19H2,1-7H3/i13D. The Morgan fingerprint density at radius 1 is 0.778 bits per heavy atom. The number of hydrogen-bond acceptors (Lipinski definition) is 2. The van der Waals surface area contributed by atoms with E-state index in [1.807, 2.05) is 6.07 Å². The lowest BCUT2D eigenvalue weighted by atomic mass is 9.83. The summed E-state index contributed by atoms with van der Waals surface area (Å²) >= 11 is 0. The van der Waals surface area contributed by atoms with Gasteiger partial charge in [0.1, 0.15) is 11.5 Å². The van der Waals surface area contributed by atoms with Gasteiger partial charge in [-0.05, 0) is 81.3 Å². The summed E-state index contributed by atoms with van der Waals surface area (Å²) in [5.74, 6) is 1.73. The Hall–Kier alpha value is -3.39. The van der Waals surface area contributed by atoms with Gasteiger partial charge in [-0.2, -0.15) is 0 Å². The molecule has 2 heterocycles. The number of fused-ring (bicyclic) bond motifs is 5. The first-order valence-corrected chi connectivity index (χ1v) is 13.0. The van der Waals surface area contributed by atoms with Crippen LogP contribution >= 0.6 is 0 Å². The van der Waals surface area contributed by atoms with Crippen LogP contribution in [0.2, 0.25) is 0 Å². The number of aromatic nitrogens is 1. The summed E-state index contributed by atoms with van der Waals surface area (Å²) in [4.78, 5) is 4.80. The quantitative estimate of drug-likeness (QED) is 0.233. The van der Waals surface area contributed by atoms with Crippen molar-refractivity contribution in [3.63, 3.8) is 0 Å². The Morgan fingerprint density at radius 3 is 2.25 bits per heavy atom.